The van der Waals surface area contributed by atoms with Gasteiger partial charge in [-0.3, -0.25) is 0 Å². The molecule has 8 nitrogen and oxygen atoms in total. The topological polar surface area (TPSA) is 94.6 Å². The highest BCUT2D eigenvalue weighted by Crippen LogP contribution is 2.26. The zero-order valence-electron chi connectivity index (χ0n) is 17.0. The molecule has 156 valence electrons. The quantitative estimate of drug-likeness (QED) is 0.455. The van der Waals surface area contributed by atoms with Crippen LogP contribution in [0.15, 0.2) is 72.9 Å². The van der Waals surface area contributed by atoms with Crippen molar-refractivity contribution in [1.29, 1.82) is 0 Å². The van der Waals surface area contributed by atoms with E-state index in [0.29, 0.717) is 34.3 Å². The van der Waals surface area contributed by atoms with Gasteiger partial charge in [-0.05, 0) is 60.7 Å². The minimum atomic E-state index is -0.346. The van der Waals surface area contributed by atoms with Gasteiger partial charge in [0.25, 0.3) is 0 Å². The van der Waals surface area contributed by atoms with Crippen molar-refractivity contribution in [1.82, 2.24) is 9.97 Å². The molecule has 0 aliphatic heterocycles. The van der Waals surface area contributed by atoms with Crippen molar-refractivity contribution in [2.75, 3.05) is 24.9 Å². The minimum Gasteiger partial charge on any atom is -0.497 e. The second kappa shape index (κ2) is 9.00. The van der Waals surface area contributed by atoms with E-state index in [0.717, 1.165) is 11.3 Å². The Labute approximate surface area is 178 Å². The van der Waals surface area contributed by atoms with Crippen molar-refractivity contribution in [2.24, 2.45) is 0 Å². The number of ether oxygens (including phenoxy) is 3. The number of carbonyl (C=O) groups excluding carboxylic acids is 1. The highest BCUT2D eigenvalue weighted by molar-refractivity contribution is 5.99. The molecule has 2 N–H and O–H groups in total. The highest BCUT2D eigenvalue weighted by atomic mass is 16.5. The summed E-state index contributed by atoms with van der Waals surface area (Å²) in [5.41, 5.74) is 2.71. The SMILES string of the molecule is COc1ccc(NC(=O)Nc2ccc(Oc3ccc4ncc(OC)nc4c3)cc2)cc1. The van der Waals surface area contributed by atoms with E-state index >= 15 is 0 Å². The molecule has 0 fully saturated rings. The van der Waals surface area contributed by atoms with Crippen LogP contribution in [0.3, 0.4) is 0 Å². The summed E-state index contributed by atoms with van der Waals surface area (Å²) in [7, 11) is 3.14. The average molecular weight is 416 g/mol. The van der Waals surface area contributed by atoms with Gasteiger partial charge in [-0.15, -0.1) is 0 Å². The molecule has 0 radical (unpaired) electrons. The number of fused-ring (bicyclic) bond motifs is 1. The van der Waals surface area contributed by atoms with Gasteiger partial charge >= 0.3 is 6.03 Å². The lowest BCUT2D eigenvalue weighted by atomic mass is 10.2. The fourth-order valence-corrected chi connectivity index (χ4v) is 2.85. The summed E-state index contributed by atoms with van der Waals surface area (Å²) in [6.45, 7) is 0. The van der Waals surface area contributed by atoms with Crippen LogP contribution < -0.4 is 24.8 Å². The fraction of sp³-hybridized carbons (Fsp3) is 0.0870. The van der Waals surface area contributed by atoms with Crippen LogP contribution in [0.5, 0.6) is 23.1 Å². The molecule has 0 saturated heterocycles. The summed E-state index contributed by atoms with van der Waals surface area (Å²) >= 11 is 0. The fourth-order valence-electron chi connectivity index (χ4n) is 2.85. The number of hydrogen-bond donors (Lipinski definition) is 2. The van der Waals surface area contributed by atoms with Crippen LogP contribution in [-0.4, -0.2) is 30.2 Å². The molecule has 0 unspecified atom stereocenters. The second-order valence-corrected chi connectivity index (χ2v) is 6.50. The molecule has 31 heavy (non-hydrogen) atoms. The number of carbonyl (C=O) groups is 1. The third-order valence-electron chi connectivity index (χ3n) is 4.40. The largest absolute Gasteiger partial charge is 0.497 e. The average Bonchev–Trinajstić information content (AvgIpc) is 2.80. The Morgan fingerprint density at radius 3 is 1.97 bits per heavy atom. The van der Waals surface area contributed by atoms with Crippen LogP contribution in [0, 0.1) is 0 Å². The summed E-state index contributed by atoms with van der Waals surface area (Å²) < 4.78 is 16.1. The first-order valence-corrected chi connectivity index (χ1v) is 9.44. The van der Waals surface area contributed by atoms with E-state index in [1.54, 1.807) is 75.0 Å². The number of urea groups is 1. The van der Waals surface area contributed by atoms with Gasteiger partial charge in [0.2, 0.25) is 5.88 Å². The van der Waals surface area contributed by atoms with Crippen LogP contribution in [0.2, 0.25) is 0 Å². The summed E-state index contributed by atoms with van der Waals surface area (Å²) in [5.74, 6) is 2.40. The lowest BCUT2D eigenvalue weighted by Crippen LogP contribution is -2.19. The molecular weight excluding hydrogens is 396 g/mol. The number of nitrogens with zero attached hydrogens (tertiary/aromatic N) is 2. The Bertz CT molecular complexity index is 1190. The molecule has 0 spiro atoms. The van der Waals surface area contributed by atoms with Crippen molar-refractivity contribution in [3.8, 4) is 23.1 Å². The van der Waals surface area contributed by atoms with Gasteiger partial charge in [-0.1, -0.05) is 0 Å². The van der Waals surface area contributed by atoms with E-state index in [2.05, 4.69) is 20.6 Å². The van der Waals surface area contributed by atoms with Crippen molar-refractivity contribution in [2.45, 2.75) is 0 Å². The standard InChI is InChI=1S/C23H20N4O4/c1-29-17-7-3-15(4-8-17)25-23(28)26-16-5-9-18(10-6-16)31-19-11-12-20-21(13-19)27-22(30-2)14-24-20/h3-14H,1-2H3,(H2,25,26,28). The van der Waals surface area contributed by atoms with Crippen molar-refractivity contribution >= 4 is 28.4 Å². The maximum absolute atomic E-state index is 12.2. The van der Waals surface area contributed by atoms with Crippen LogP contribution in [0.4, 0.5) is 16.2 Å². The zero-order valence-corrected chi connectivity index (χ0v) is 17.0. The number of amides is 2. The molecule has 4 aromatic rings. The zero-order chi connectivity index (χ0) is 21.6. The monoisotopic (exact) mass is 416 g/mol. The lowest BCUT2D eigenvalue weighted by molar-refractivity contribution is 0.262. The number of methoxy groups -OCH3 is 2. The van der Waals surface area contributed by atoms with E-state index in [-0.39, 0.29) is 6.03 Å². The minimum absolute atomic E-state index is 0.346. The molecular formula is C23H20N4O4. The number of anilines is 2. The number of hydrogen-bond acceptors (Lipinski definition) is 6. The molecule has 1 aromatic heterocycles. The molecule has 4 rings (SSSR count). The Morgan fingerprint density at radius 1 is 0.742 bits per heavy atom. The van der Waals surface area contributed by atoms with Gasteiger partial charge in [0.05, 0.1) is 31.4 Å². The predicted molar refractivity (Wildman–Crippen MR) is 118 cm³/mol. The van der Waals surface area contributed by atoms with Crippen LogP contribution >= 0.6 is 0 Å². The number of rotatable bonds is 6. The first-order valence-electron chi connectivity index (χ1n) is 9.44. The molecule has 0 atom stereocenters. The number of aromatic nitrogens is 2. The highest BCUT2D eigenvalue weighted by Gasteiger charge is 2.06. The van der Waals surface area contributed by atoms with Crippen molar-refractivity contribution in [3.05, 3.63) is 72.9 Å². The van der Waals surface area contributed by atoms with Crippen molar-refractivity contribution in [3.63, 3.8) is 0 Å². The van der Waals surface area contributed by atoms with E-state index in [4.69, 9.17) is 14.2 Å². The summed E-state index contributed by atoms with van der Waals surface area (Å²) in [6.07, 6.45) is 1.57. The summed E-state index contributed by atoms with van der Waals surface area (Å²) in [6, 6.07) is 19.2. The first kappa shape index (κ1) is 20.0. The van der Waals surface area contributed by atoms with Gasteiger partial charge in [0.1, 0.15) is 17.2 Å². The number of benzene rings is 3. The van der Waals surface area contributed by atoms with Crippen LogP contribution in [0.25, 0.3) is 11.0 Å². The second-order valence-electron chi connectivity index (χ2n) is 6.50. The lowest BCUT2D eigenvalue weighted by Gasteiger charge is -2.10. The molecule has 1 heterocycles. The molecule has 0 bridgehead atoms. The molecule has 8 heteroatoms. The first-order chi connectivity index (χ1) is 15.1. The van der Waals surface area contributed by atoms with E-state index in [9.17, 15) is 4.79 Å². The maximum Gasteiger partial charge on any atom is 0.323 e. The molecule has 2 amide bonds. The van der Waals surface area contributed by atoms with Crippen LogP contribution in [0.1, 0.15) is 0 Å². The van der Waals surface area contributed by atoms with E-state index in [1.165, 1.54) is 0 Å². The van der Waals surface area contributed by atoms with E-state index < -0.39 is 0 Å². The molecule has 0 aliphatic rings. The summed E-state index contributed by atoms with van der Waals surface area (Å²) in [4.78, 5) is 20.8. The molecule has 0 saturated carbocycles. The Morgan fingerprint density at radius 2 is 1.35 bits per heavy atom. The third kappa shape index (κ3) is 4.99. The van der Waals surface area contributed by atoms with Gasteiger partial charge in [0, 0.05) is 17.4 Å². The Kier molecular flexibility index (Phi) is 5.79. The molecule has 0 aliphatic carbocycles. The van der Waals surface area contributed by atoms with Gasteiger partial charge in [-0.25, -0.2) is 14.8 Å². The normalized spacial score (nSPS) is 10.4. The van der Waals surface area contributed by atoms with Crippen molar-refractivity contribution < 1.29 is 19.0 Å². The van der Waals surface area contributed by atoms with Gasteiger partial charge in [-0.2, -0.15) is 0 Å². The third-order valence-corrected chi connectivity index (χ3v) is 4.40. The van der Waals surface area contributed by atoms with Gasteiger partial charge in [0.15, 0.2) is 0 Å². The van der Waals surface area contributed by atoms with E-state index in [1.807, 2.05) is 12.1 Å². The maximum atomic E-state index is 12.2. The van der Waals surface area contributed by atoms with Crippen LogP contribution in [-0.2, 0) is 0 Å². The predicted octanol–water partition coefficient (Wildman–Crippen LogP) is 5.08. The Hall–Kier alpha value is -4.33. The molecule has 3 aromatic carbocycles. The van der Waals surface area contributed by atoms with Gasteiger partial charge < -0.3 is 24.8 Å². The Balaban J connectivity index is 1.38. The number of nitrogens with one attached hydrogen (secondary N) is 2. The smallest absolute Gasteiger partial charge is 0.323 e. The summed E-state index contributed by atoms with van der Waals surface area (Å²) in [5, 5.41) is 5.54.